The molecule has 0 aliphatic heterocycles. The quantitative estimate of drug-likeness (QED) is 0.471. The Morgan fingerprint density at radius 1 is 1.00 bits per heavy atom. The van der Waals surface area contributed by atoms with Gasteiger partial charge < -0.3 is 10.6 Å². The van der Waals surface area contributed by atoms with Crippen molar-refractivity contribution in [2.75, 3.05) is 10.6 Å². The Balaban J connectivity index is 1.54. The number of hydrogen-bond donors (Lipinski definition) is 2. The summed E-state index contributed by atoms with van der Waals surface area (Å²) in [6.07, 6.45) is 3.38. The van der Waals surface area contributed by atoms with Gasteiger partial charge in [-0.2, -0.15) is 10.4 Å². The summed E-state index contributed by atoms with van der Waals surface area (Å²) in [4.78, 5) is 13.1. The number of benzene rings is 2. The molecule has 32 heavy (non-hydrogen) atoms. The molecule has 2 aromatic heterocycles. The van der Waals surface area contributed by atoms with Crippen molar-refractivity contribution in [2.24, 2.45) is 0 Å². The molecule has 0 aliphatic rings. The Kier molecular flexibility index (Phi) is 5.56. The predicted octanol–water partition coefficient (Wildman–Crippen LogP) is 4.86. The molecule has 0 saturated carbocycles. The molecule has 2 aromatic carbocycles. The third kappa shape index (κ3) is 4.90. The highest BCUT2D eigenvalue weighted by molar-refractivity contribution is 5.70. The number of hydrogen-bond acceptors (Lipinski definition) is 7. The first kappa shape index (κ1) is 21.0. The van der Waals surface area contributed by atoms with Crippen molar-refractivity contribution >= 4 is 17.3 Å². The Hall–Kier alpha value is -4.25. The number of nitrogens with zero attached hydrogens (tertiary/aromatic N) is 6. The van der Waals surface area contributed by atoms with Gasteiger partial charge in [-0.05, 0) is 70.2 Å². The molecule has 8 heteroatoms. The lowest BCUT2D eigenvalue weighted by Gasteiger charge is -2.23. The molecule has 0 spiro atoms. The zero-order valence-corrected chi connectivity index (χ0v) is 18.5. The number of nitriles is 1. The van der Waals surface area contributed by atoms with Crippen LogP contribution in [0.3, 0.4) is 0 Å². The molecule has 0 amide bonds. The summed E-state index contributed by atoms with van der Waals surface area (Å²) < 4.78 is 1.72. The first-order chi connectivity index (χ1) is 15.3. The van der Waals surface area contributed by atoms with Crippen molar-refractivity contribution in [1.82, 2.24) is 24.7 Å². The fourth-order valence-corrected chi connectivity index (χ4v) is 3.19. The summed E-state index contributed by atoms with van der Waals surface area (Å²) in [6.45, 7) is 8.03. The number of nitrogens with one attached hydrogen (secondary N) is 2. The number of anilines is 3. The van der Waals surface area contributed by atoms with Gasteiger partial charge in [-0.15, -0.1) is 0 Å². The van der Waals surface area contributed by atoms with Crippen LogP contribution in [0.25, 0.3) is 16.9 Å². The van der Waals surface area contributed by atoms with E-state index in [-0.39, 0.29) is 5.54 Å². The number of aryl methyl sites for hydroxylation is 1. The van der Waals surface area contributed by atoms with Crippen molar-refractivity contribution in [3.63, 3.8) is 0 Å². The summed E-state index contributed by atoms with van der Waals surface area (Å²) in [7, 11) is 0. The van der Waals surface area contributed by atoms with E-state index in [2.05, 4.69) is 57.5 Å². The third-order valence-corrected chi connectivity index (χ3v) is 4.60. The lowest BCUT2D eigenvalue weighted by molar-refractivity contribution is 0.634. The molecule has 0 atom stereocenters. The van der Waals surface area contributed by atoms with Crippen molar-refractivity contribution in [3.05, 3.63) is 72.4 Å². The minimum absolute atomic E-state index is 0.137. The molecule has 2 N–H and O–H groups in total. The van der Waals surface area contributed by atoms with Gasteiger partial charge in [-0.3, -0.25) is 0 Å². The highest BCUT2D eigenvalue weighted by atomic mass is 15.3. The molecule has 2 heterocycles. The fraction of sp³-hybridized carbons (Fsp3) is 0.208. The summed E-state index contributed by atoms with van der Waals surface area (Å²) in [5, 5.41) is 20.5. The Bertz CT molecular complexity index is 1280. The van der Waals surface area contributed by atoms with Gasteiger partial charge in [0.25, 0.3) is 0 Å². The van der Waals surface area contributed by atoms with Crippen LogP contribution in [0.4, 0.5) is 17.3 Å². The second-order valence-electron chi connectivity index (χ2n) is 8.42. The molecule has 0 fully saturated rings. The topological polar surface area (TPSA) is 104 Å². The van der Waals surface area contributed by atoms with Crippen LogP contribution < -0.4 is 10.6 Å². The molecule has 160 valence electrons. The lowest BCUT2D eigenvalue weighted by Crippen LogP contribution is -2.26. The normalized spacial score (nSPS) is 11.1. The maximum atomic E-state index is 9.60. The highest BCUT2D eigenvalue weighted by Gasteiger charge is 2.13. The molecule has 0 bridgehead atoms. The molecule has 4 aromatic rings. The van der Waals surface area contributed by atoms with Gasteiger partial charge in [-0.1, -0.05) is 6.07 Å². The van der Waals surface area contributed by atoms with Crippen LogP contribution >= 0.6 is 0 Å². The summed E-state index contributed by atoms with van der Waals surface area (Å²) in [5.74, 6) is 1.20. The van der Waals surface area contributed by atoms with Crippen LogP contribution in [-0.4, -0.2) is 30.3 Å². The van der Waals surface area contributed by atoms with Crippen LogP contribution in [-0.2, 0) is 0 Å². The molecule has 0 saturated heterocycles. The van der Waals surface area contributed by atoms with Gasteiger partial charge in [0.2, 0.25) is 5.95 Å². The molecular formula is C24H24N8. The fourth-order valence-electron chi connectivity index (χ4n) is 3.19. The van der Waals surface area contributed by atoms with Gasteiger partial charge in [0.1, 0.15) is 18.2 Å². The second-order valence-corrected chi connectivity index (χ2v) is 8.42. The minimum atomic E-state index is -0.137. The highest BCUT2D eigenvalue weighted by Crippen LogP contribution is 2.26. The lowest BCUT2D eigenvalue weighted by atomic mass is 10.0. The van der Waals surface area contributed by atoms with Crippen molar-refractivity contribution in [3.8, 4) is 23.0 Å². The van der Waals surface area contributed by atoms with Crippen LogP contribution in [0, 0.1) is 18.3 Å². The summed E-state index contributed by atoms with van der Waals surface area (Å²) in [6, 6.07) is 17.6. The molecule has 0 unspecified atom stereocenters. The second kappa shape index (κ2) is 8.47. The van der Waals surface area contributed by atoms with E-state index in [0.717, 1.165) is 34.1 Å². The van der Waals surface area contributed by atoms with Crippen molar-refractivity contribution in [1.29, 1.82) is 5.26 Å². The summed E-state index contributed by atoms with van der Waals surface area (Å²) >= 11 is 0. The SMILES string of the molecule is Cc1ncn(-c2ccc(Nc3nccc(-c4ccc(NC(C)(C)C)c(C#N)c4)n3)cc2)n1. The van der Waals surface area contributed by atoms with E-state index in [1.165, 1.54) is 0 Å². The van der Waals surface area contributed by atoms with Crippen LogP contribution in [0.1, 0.15) is 32.2 Å². The molecule has 8 nitrogen and oxygen atoms in total. The molecule has 0 aliphatic carbocycles. The minimum Gasteiger partial charge on any atom is -0.379 e. The van der Waals surface area contributed by atoms with Crippen molar-refractivity contribution < 1.29 is 0 Å². The molecular weight excluding hydrogens is 400 g/mol. The van der Waals surface area contributed by atoms with E-state index in [0.29, 0.717) is 11.5 Å². The number of rotatable bonds is 5. The Morgan fingerprint density at radius 2 is 1.78 bits per heavy atom. The zero-order chi connectivity index (χ0) is 22.7. The predicted molar refractivity (Wildman–Crippen MR) is 125 cm³/mol. The maximum Gasteiger partial charge on any atom is 0.227 e. The first-order valence-corrected chi connectivity index (χ1v) is 10.2. The monoisotopic (exact) mass is 424 g/mol. The largest absolute Gasteiger partial charge is 0.379 e. The van der Waals surface area contributed by atoms with Gasteiger partial charge in [0, 0.05) is 23.0 Å². The zero-order valence-electron chi connectivity index (χ0n) is 18.5. The standard InChI is InChI=1S/C24H24N8/c1-16-27-15-32(31-16)20-8-6-19(7-9-20)28-23-26-12-11-21(29-23)17-5-10-22(18(13-17)14-25)30-24(2,3)4/h5-13,15,30H,1-4H3,(H,26,28,29). The van der Waals surface area contributed by atoms with Gasteiger partial charge in [-0.25, -0.2) is 19.6 Å². The van der Waals surface area contributed by atoms with Crippen LogP contribution in [0.5, 0.6) is 0 Å². The van der Waals surface area contributed by atoms with Gasteiger partial charge in [0.05, 0.1) is 22.6 Å². The van der Waals surface area contributed by atoms with E-state index in [9.17, 15) is 5.26 Å². The van der Waals surface area contributed by atoms with E-state index >= 15 is 0 Å². The number of aromatic nitrogens is 5. The third-order valence-electron chi connectivity index (χ3n) is 4.60. The molecule has 0 radical (unpaired) electrons. The Morgan fingerprint density at radius 3 is 2.44 bits per heavy atom. The van der Waals surface area contributed by atoms with E-state index < -0.39 is 0 Å². The average molecular weight is 425 g/mol. The van der Waals surface area contributed by atoms with E-state index in [1.807, 2.05) is 55.5 Å². The molecule has 4 rings (SSSR count). The van der Waals surface area contributed by atoms with E-state index in [4.69, 9.17) is 0 Å². The van der Waals surface area contributed by atoms with E-state index in [1.54, 1.807) is 17.2 Å². The van der Waals surface area contributed by atoms with Gasteiger partial charge >= 0.3 is 0 Å². The maximum absolute atomic E-state index is 9.60. The Labute approximate surface area is 187 Å². The summed E-state index contributed by atoms with van der Waals surface area (Å²) in [5.41, 5.74) is 4.59. The van der Waals surface area contributed by atoms with Crippen molar-refractivity contribution in [2.45, 2.75) is 33.2 Å². The van der Waals surface area contributed by atoms with Crippen LogP contribution in [0.15, 0.2) is 61.1 Å². The first-order valence-electron chi connectivity index (χ1n) is 10.2. The van der Waals surface area contributed by atoms with Gasteiger partial charge in [0.15, 0.2) is 0 Å². The smallest absolute Gasteiger partial charge is 0.227 e. The van der Waals surface area contributed by atoms with Crippen LogP contribution in [0.2, 0.25) is 0 Å². The average Bonchev–Trinajstić information content (AvgIpc) is 3.20.